The minimum absolute atomic E-state index is 0.0694. The summed E-state index contributed by atoms with van der Waals surface area (Å²) < 4.78 is 0. The first-order valence-corrected chi connectivity index (χ1v) is 28.7. The highest BCUT2D eigenvalue weighted by Crippen LogP contribution is 2.17. The fourth-order valence-electron chi connectivity index (χ4n) is 8.96. The van der Waals surface area contributed by atoms with Crippen molar-refractivity contribution in [3.8, 4) is 0 Å². The summed E-state index contributed by atoms with van der Waals surface area (Å²) in [6.07, 6.45) is 74.6. The van der Waals surface area contributed by atoms with Gasteiger partial charge >= 0.3 is 0 Å². The Hall–Kier alpha value is -1.39. The van der Waals surface area contributed by atoms with Crippen molar-refractivity contribution >= 4 is 5.91 Å². The maximum Gasteiger partial charge on any atom is 0.220 e. The lowest BCUT2D eigenvalue weighted by atomic mass is 10.0. The number of nitrogens with one attached hydrogen (secondary N) is 1. The van der Waals surface area contributed by atoms with Gasteiger partial charge in [-0.05, 0) is 57.8 Å². The fraction of sp³-hybridized carbons (Fsp3) is 0.881. The number of aliphatic hydroxyl groups excluding tert-OH is 2. The number of aliphatic hydroxyl groups is 2. The normalized spacial score (nSPS) is 13.0. The van der Waals surface area contributed by atoms with E-state index in [1.165, 1.54) is 263 Å². The van der Waals surface area contributed by atoms with Crippen LogP contribution in [0.4, 0.5) is 0 Å². The quantitative estimate of drug-likeness (QED) is 0.0421. The molecule has 0 bridgehead atoms. The van der Waals surface area contributed by atoms with Crippen molar-refractivity contribution in [1.82, 2.24) is 5.32 Å². The average molecular weight is 885 g/mol. The van der Waals surface area contributed by atoms with Gasteiger partial charge in [-0.1, -0.05) is 288 Å². The minimum atomic E-state index is -0.862. The second kappa shape index (κ2) is 54.9. The zero-order valence-electron chi connectivity index (χ0n) is 42.9. The molecule has 0 aliphatic carbocycles. The number of allylic oxidation sites excluding steroid dienone is 5. The van der Waals surface area contributed by atoms with E-state index in [1.807, 2.05) is 6.08 Å². The summed E-state index contributed by atoms with van der Waals surface area (Å²) in [5.74, 6) is -0.0694. The van der Waals surface area contributed by atoms with Crippen molar-refractivity contribution in [2.45, 2.75) is 328 Å². The zero-order valence-corrected chi connectivity index (χ0v) is 42.9. The number of carbonyl (C=O) groups is 1. The third-order valence-electron chi connectivity index (χ3n) is 13.3. The molecule has 63 heavy (non-hydrogen) atoms. The lowest BCUT2D eigenvalue weighted by molar-refractivity contribution is -0.123. The van der Waals surface area contributed by atoms with Crippen molar-refractivity contribution in [1.29, 1.82) is 0 Å². The lowest BCUT2D eigenvalue weighted by Crippen LogP contribution is -2.45. The van der Waals surface area contributed by atoms with Gasteiger partial charge in [0, 0.05) is 6.42 Å². The van der Waals surface area contributed by atoms with Crippen molar-refractivity contribution in [3.63, 3.8) is 0 Å². The van der Waals surface area contributed by atoms with E-state index in [9.17, 15) is 15.0 Å². The summed E-state index contributed by atoms with van der Waals surface area (Å²) in [7, 11) is 0. The molecule has 1 amide bonds. The van der Waals surface area contributed by atoms with Gasteiger partial charge < -0.3 is 15.5 Å². The SMILES string of the molecule is CCCCCCCCCCCCCC/C=C\CCCCCCCCCCCCCCCC(=O)NC(CO)C(O)/C=C/CC/C=C/CCCCCCCCCCCCCCCCCC. The van der Waals surface area contributed by atoms with Crippen LogP contribution < -0.4 is 5.32 Å². The zero-order chi connectivity index (χ0) is 45.6. The molecule has 0 heterocycles. The molecule has 0 aromatic carbocycles. The minimum Gasteiger partial charge on any atom is -0.394 e. The van der Waals surface area contributed by atoms with Crippen molar-refractivity contribution < 1.29 is 15.0 Å². The number of rotatable bonds is 53. The van der Waals surface area contributed by atoms with Crippen LogP contribution in [-0.2, 0) is 4.79 Å². The maximum absolute atomic E-state index is 12.5. The van der Waals surface area contributed by atoms with Gasteiger partial charge in [-0.3, -0.25) is 4.79 Å². The summed E-state index contributed by atoms with van der Waals surface area (Å²) in [4.78, 5) is 12.5. The molecule has 0 spiro atoms. The van der Waals surface area contributed by atoms with Crippen molar-refractivity contribution in [2.75, 3.05) is 6.61 Å². The lowest BCUT2D eigenvalue weighted by Gasteiger charge is -2.19. The maximum atomic E-state index is 12.5. The fourth-order valence-corrected chi connectivity index (χ4v) is 8.96. The highest BCUT2D eigenvalue weighted by atomic mass is 16.3. The molecule has 0 aromatic rings. The van der Waals surface area contributed by atoms with Gasteiger partial charge in [-0.15, -0.1) is 0 Å². The highest BCUT2D eigenvalue weighted by molar-refractivity contribution is 5.76. The van der Waals surface area contributed by atoms with Gasteiger partial charge in [-0.2, -0.15) is 0 Å². The molecule has 372 valence electrons. The van der Waals surface area contributed by atoms with Gasteiger partial charge in [0.05, 0.1) is 18.8 Å². The molecule has 0 fully saturated rings. The first-order chi connectivity index (χ1) is 31.2. The van der Waals surface area contributed by atoms with Crippen LogP contribution in [0.1, 0.15) is 316 Å². The third kappa shape index (κ3) is 51.5. The molecule has 0 aromatic heterocycles. The Kier molecular flexibility index (Phi) is 53.7. The summed E-state index contributed by atoms with van der Waals surface area (Å²) in [5, 5.41) is 23.2. The van der Waals surface area contributed by atoms with Crippen LogP contribution in [0.15, 0.2) is 36.5 Å². The number of carbonyl (C=O) groups excluding carboxylic acids is 1. The topological polar surface area (TPSA) is 69.6 Å². The first kappa shape index (κ1) is 61.6. The second-order valence-electron chi connectivity index (χ2n) is 19.7. The van der Waals surface area contributed by atoms with Crippen molar-refractivity contribution in [2.24, 2.45) is 0 Å². The number of unbranched alkanes of at least 4 members (excludes halogenated alkanes) is 42. The van der Waals surface area contributed by atoms with Crippen LogP contribution in [-0.4, -0.2) is 34.9 Å². The third-order valence-corrected chi connectivity index (χ3v) is 13.3. The summed E-state index contributed by atoms with van der Waals surface area (Å²) in [6, 6.07) is -0.639. The monoisotopic (exact) mass is 884 g/mol. The van der Waals surface area contributed by atoms with E-state index >= 15 is 0 Å². The van der Waals surface area contributed by atoms with Crippen LogP contribution in [0.25, 0.3) is 0 Å². The van der Waals surface area contributed by atoms with E-state index < -0.39 is 12.1 Å². The molecule has 0 rings (SSSR count). The molecule has 0 saturated carbocycles. The van der Waals surface area contributed by atoms with Gasteiger partial charge in [0.15, 0.2) is 0 Å². The summed E-state index contributed by atoms with van der Waals surface area (Å²) in [6.45, 7) is 4.33. The second-order valence-corrected chi connectivity index (χ2v) is 19.7. The Morgan fingerprint density at radius 1 is 0.365 bits per heavy atom. The molecule has 4 nitrogen and oxygen atoms in total. The Balaban J connectivity index is 3.50. The molecular formula is C59H113NO3. The van der Waals surface area contributed by atoms with Crippen molar-refractivity contribution in [3.05, 3.63) is 36.5 Å². The van der Waals surface area contributed by atoms with Crippen LogP contribution in [0.2, 0.25) is 0 Å². The number of hydrogen-bond donors (Lipinski definition) is 3. The Morgan fingerprint density at radius 3 is 0.921 bits per heavy atom. The van der Waals surface area contributed by atoms with Gasteiger partial charge in [0.2, 0.25) is 5.91 Å². The van der Waals surface area contributed by atoms with Gasteiger partial charge in [-0.25, -0.2) is 0 Å². The average Bonchev–Trinajstić information content (AvgIpc) is 3.29. The van der Waals surface area contributed by atoms with E-state index in [1.54, 1.807) is 6.08 Å². The molecular weight excluding hydrogens is 771 g/mol. The smallest absolute Gasteiger partial charge is 0.220 e. The number of amides is 1. The Morgan fingerprint density at radius 2 is 0.619 bits per heavy atom. The van der Waals surface area contributed by atoms with E-state index in [0.29, 0.717) is 6.42 Å². The predicted molar refractivity (Wildman–Crippen MR) is 281 cm³/mol. The van der Waals surface area contributed by atoms with E-state index in [0.717, 1.165) is 32.1 Å². The molecule has 0 aliphatic heterocycles. The van der Waals surface area contributed by atoms with E-state index in [2.05, 4.69) is 43.5 Å². The Bertz CT molecular complexity index is 958. The molecule has 4 heteroatoms. The van der Waals surface area contributed by atoms with Crippen LogP contribution in [0.3, 0.4) is 0 Å². The molecule has 3 N–H and O–H groups in total. The molecule has 2 unspecified atom stereocenters. The van der Waals surface area contributed by atoms with E-state index in [-0.39, 0.29) is 12.5 Å². The molecule has 0 radical (unpaired) electrons. The van der Waals surface area contributed by atoms with Crippen LogP contribution >= 0.6 is 0 Å². The largest absolute Gasteiger partial charge is 0.394 e. The van der Waals surface area contributed by atoms with E-state index in [4.69, 9.17) is 0 Å². The standard InChI is InChI=1S/C59H113NO3/c1-3-5-7-9-11-13-15-17-19-21-23-25-27-28-29-30-31-32-33-35-37-39-41-43-45-47-49-51-53-55-59(63)60-57(56-61)58(62)54-52-50-48-46-44-42-40-38-36-34-26-24-22-20-18-16-14-12-10-8-6-4-2/h28-29,44,46,52,54,57-58,61-62H,3-27,30-43,45,47-51,53,55-56H2,1-2H3,(H,60,63)/b29-28-,46-44+,54-52+. The summed E-state index contributed by atoms with van der Waals surface area (Å²) >= 11 is 0. The van der Waals surface area contributed by atoms with Crippen LogP contribution in [0.5, 0.6) is 0 Å². The van der Waals surface area contributed by atoms with Crippen LogP contribution in [0, 0.1) is 0 Å². The first-order valence-electron chi connectivity index (χ1n) is 28.7. The van der Waals surface area contributed by atoms with Gasteiger partial charge in [0.1, 0.15) is 0 Å². The number of hydrogen-bond acceptors (Lipinski definition) is 3. The molecule has 0 aliphatic rings. The molecule has 2 atom stereocenters. The molecule has 0 saturated heterocycles. The Labute approximate surface area is 395 Å². The predicted octanol–water partition coefficient (Wildman–Crippen LogP) is 18.9. The van der Waals surface area contributed by atoms with Gasteiger partial charge in [0.25, 0.3) is 0 Å². The summed E-state index contributed by atoms with van der Waals surface area (Å²) in [5.41, 5.74) is 0. The highest BCUT2D eigenvalue weighted by Gasteiger charge is 2.18.